The van der Waals surface area contributed by atoms with Crippen LogP contribution in [-0.2, 0) is 36.8 Å². The number of aromatic amines is 1. The summed E-state index contributed by atoms with van der Waals surface area (Å²) in [6.45, 7) is 0.746. The van der Waals surface area contributed by atoms with Gasteiger partial charge in [0.05, 0.1) is 25.4 Å². The van der Waals surface area contributed by atoms with E-state index in [1.165, 1.54) is 13.1 Å². The van der Waals surface area contributed by atoms with E-state index in [1.807, 2.05) is 0 Å². The standard InChI is InChI=1S/C18H29N3O16P2/c1-7-4-21(18(28)20-16(7)27)12-3-9(24)11(34-12)6-33-38(29,30)37-39(31,32)36-17-15(26)13(19-8(2)23)14(25)10(5-22)35-17/h4,9-15,17,22,24-26H,3,5-6H2,1-2H3,(H,19,23)(H,29,30)(H,31,32)(H,20,27,28)/t9-,10+,11+,12?,13-,14+,15+,17?/m0/s1. The summed E-state index contributed by atoms with van der Waals surface area (Å²) in [7, 11) is -11.0. The van der Waals surface area contributed by atoms with Crippen molar-refractivity contribution in [2.45, 2.75) is 69.3 Å². The molecule has 2 aliphatic rings. The lowest BCUT2D eigenvalue weighted by molar-refractivity contribution is -0.255. The molecule has 2 aliphatic heterocycles. The van der Waals surface area contributed by atoms with E-state index >= 15 is 0 Å². The van der Waals surface area contributed by atoms with Gasteiger partial charge in [0, 0.05) is 25.1 Å². The molecule has 222 valence electrons. The molecule has 8 N–H and O–H groups in total. The van der Waals surface area contributed by atoms with Crippen molar-refractivity contribution >= 4 is 21.6 Å². The Labute approximate surface area is 219 Å². The molecular weight excluding hydrogens is 576 g/mol. The zero-order valence-corrected chi connectivity index (χ0v) is 22.2. The third kappa shape index (κ3) is 7.89. The zero-order chi connectivity index (χ0) is 29.3. The van der Waals surface area contributed by atoms with Crippen LogP contribution in [0.25, 0.3) is 0 Å². The summed E-state index contributed by atoms with van der Waals surface area (Å²) in [5.74, 6) is -0.716. The molecule has 0 aliphatic carbocycles. The lowest BCUT2D eigenvalue weighted by Crippen LogP contribution is -2.64. The number of carbonyl (C=O) groups is 1. The molecule has 21 heteroatoms. The predicted molar refractivity (Wildman–Crippen MR) is 124 cm³/mol. The monoisotopic (exact) mass is 605 g/mol. The Morgan fingerprint density at radius 3 is 2.44 bits per heavy atom. The largest absolute Gasteiger partial charge is 0.483 e. The number of aryl methyl sites for hydroxylation is 1. The van der Waals surface area contributed by atoms with Gasteiger partial charge in [0.2, 0.25) is 5.91 Å². The number of phosphoric acid groups is 2. The number of carbonyl (C=O) groups excluding carboxylic acids is 1. The third-order valence-electron chi connectivity index (χ3n) is 5.76. The number of nitrogens with one attached hydrogen (secondary N) is 2. The predicted octanol–water partition coefficient (Wildman–Crippen LogP) is -3.31. The fourth-order valence-electron chi connectivity index (χ4n) is 3.89. The molecule has 0 radical (unpaired) electrons. The SMILES string of the molecule is CC(=O)N[C@H]1[C@H](O)[C@@H](CO)OC(OP(=O)(O)OP(=O)(O)OC[C@H]2OC(n3cc(C)c(=O)[nH]c3=O)C[C@@H]2O)[C@@H]1O. The highest BCUT2D eigenvalue weighted by atomic mass is 31.3. The van der Waals surface area contributed by atoms with Crippen LogP contribution in [0.4, 0.5) is 0 Å². The van der Waals surface area contributed by atoms with Gasteiger partial charge >= 0.3 is 21.3 Å². The van der Waals surface area contributed by atoms with Crippen molar-refractivity contribution in [2.75, 3.05) is 13.2 Å². The Hall–Kier alpha value is -1.83. The summed E-state index contributed by atoms with van der Waals surface area (Å²) in [5.41, 5.74) is -1.28. The van der Waals surface area contributed by atoms with Gasteiger partial charge in [0.15, 0.2) is 6.29 Å². The molecule has 2 saturated heterocycles. The van der Waals surface area contributed by atoms with Gasteiger partial charge in [0.1, 0.15) is 30.6 Å². The molecular formula is C18H29N3O16P2. The minimum atomic E-state index is -5.57. The first-order valence-electron chi connectivity index (χ1n) is 11.3. The van der Waals surface area contributed by atoms with Gasteiger partial charge < -0.3 is 45.0 Å². The second-order valence-electron chi connectivity index (χ2n) is 8.76. The Morgan fingerprint density at radius 1 is 1.15 bits per heavy atom. The van der Waals surface area contributed by atoms with Crippen molar-refractivity contribution in [1.29, 1.82) is 0 Å². The topological polar surface area (TPSA) is 286 Å². The Balaban J connectivity index is 1.62. The zero-order valence-electron chi connectivity index (χ0n) is 20.4. The van der Waals surface area contributed by atoms with Crippen molar-refractivity contribution in [3.05, 3.63) is 32.6 Å². The van der Waals surface area contributed by atoms with E-state index < -0.39 is 95.1 Å². The average Bonchev–Trinajstić information content (AvgIpc) is 3.18. The summed E-state index contributed by atoms with van der Waals surface area (Å²) < 4.78 is 49.6. The fourth-order valence-corrected chi connectivity index (χ4v) is 6.05. The molecule has 0 saturated carbocycles. The molecule has 0 spiro atoms. The molecule has 1 aromatic heterocycles. The first-order chi connectivity index (χ1) is 18.0. The van der Waals surface area contributed by atoms with Crippen LogP contribution >= 0.6 is 15.6 Å². The van der Waals surface area contributed by atoms with Gasteiger partial charge in [-0.15, -0.1) is 0 Å². The molecule has 19 nitrogen and oxygen atoms in total. The van der Waals surface area contributed by atoms with Crippen LogP contribution in [-0.4, -0.2) is 102 Å². The van der Waals surface area contributed by atoms with Crippen LogP contribution in [0.15, 0.2) is 15.8 Å². The second-order valence-corrected chi connectivity index (χ2v) is 11.8. The number of H-pyrrole nitrogens is 1. The molecule has 1 aromatic rings. The summed E-state index contributed by atoms with van der Waals surface area (Å²) >= 11 is 0. The van der Waals surface area contributed by atoms with Crippen molar-refractivity contribution < 1.29 is 67.0 Å². The van der Waals surface area contributed by atoms with E-state index in [2.05, 4.69) is 23.7 Å². The average molecular weight is 605 g/mol. The number of aromatic nitrogens is 2. The summed E-state index contributed by atoms with van der Waals surface area (Å²) in [6, 6.07) is -1.52. The number of nitrogens with zero attached hydrogens (tertiary/aromatic N) is 1. The Morgan fingerprint density at radius 2 is 1.82 bits per heavy atom. The second kappa shape index (κ2) is 12.4. The van der Waals surface area contributed by atoms with Crippen molar-refractivity contribution in [3.8, 4) is 0 Å². The maximum absolute atomic E-state index is 12.4. The van der Waals surface area contributed by atoms with Gasteiger partial charge in [0.25, 0.3) is 5.56 Å². The van der Waals surface area contributed by atoms with E-state index in [-0.39, 0.29) is 12.0 Å². The van der Waals surface area contributed by atoms with Gasteiger partial charge in [-0.25, -0.2) is 13.9 Å². The van der Waals surface area contributed by atoms with Crippen molar-refractivity contribution in [3.63, 3.8) is 0 Å². The van der Waals surface area contributed by atoms with Gasteiger partial charge in [-0.05, 0) is 6.92 Å². The van der Waals surface area contributed by atoms with Crippen LogP contribution in [0.2, 0.25) is 0 Å². The smallest absolute Gasteiger partial charge is 0.394 e. The van der Waals surface area contributed by atoms with Crippen LogP contribution in [0.5, 0.6) is 0 Å². The lowest BCUT2D eigenvalue weighted by atomic mass is 9.96. The number of ether oxygens (including phenoxy) is 2. The highest BCUT2D eigenvalue weighted by molar-refractivity contribution is 7.61. The van der Waals surface area contributed by atoms with Gasteiger partial charge in [-0.2, -0.15) is 4.31 Å². The quantitative estimate of drug-likeness (QED) is 0.121. The van der Waals surface area contributed by atoms with E-state index in [0.717, 1.165) is 11.5 Å². The first kappa shape index (κ1) is 31.7. The van der Waals surface area contributed by atoms with E-state index in [9.17, 15) is 53.7 Å². The highest BCUT2D eigenvalue weighted by Crippen LogP contribution is 2.61. The minimum Gasteiger partial charge on any atom is -0.394 e. The maximum Gasteiger partial charge on any atom is 0.483 e. The normalized spacial score (nSPS) is 34.3. The number of hydrogen-bond acceptors (Lipinski definition) is 14. The van der Waals surface area contributed by atoms with Crippen molar-refractivity contribution in [2.24, 2.45) is 0 Å². The number of amides is 1. The molecule has 1 amide bonds. The van der Waals surface area contributed by atoms with Crippen LogP contribution in [0.3, 0.4) is 0 Å². The molecule has 4 unspecified atom stereocenters. The molecule has 10 atom stereocenters. The van der Waals surface area contributed by atoms with Crippen molar-refractivity contribution in [1.82, 2.24) is 14.9 Å². The number of aliphatic hydroxyl groups is 4. The molecule has 2 fully saturated rings. The van der Waals surface area contributed by atoms with Crippen LogP contribution in [0.1, 0.15) is 25.1 Å². The minimum absolute atomic E-state index is 0.176. The molecule has 3 rings (SSSR count). The molecule has 0 bridgehead atoms. The Bertz CT molecular complexity index is 1250. The van der Waals surface area contributed by atoms with Crippen LogP contribution in [0, 0.1) is 6.92 Å². The Kier molecular flexibility index (Phi) is 10.0. The molecule has 39 heavy (non-hydrogen) atoms. The highest BCUT2D eigenvalue weighted by Gasteiger charge is 2.49. The fraction of sp³-hybridized carbons (Fsp3) is 0.722. The van der Waals surface area contributed by atoms with E-state index in [0.29, 0.717) is 0 Å². The summed E-state index contributed by atoms with van der Waals surface area (Å²) in [6.07, 6.45) is -9.99. The first-order valence-corrected chi connectivity index (χ1v) is 14.3. The molecule has 3 heterocycles. The van der Waals surface area contributed by atoms with Gasteiger partial charge in [-0.1, -0.05) is 0 Å². The van der Waals surface area contributed by atoms with Crippen LogP contribution < -0.4 is 16.6 Å². The van der Waals surface area contributed by atoms with E-state index in [4.69, 9.17) is 9.47 Å². The number of rotatable bonds is 10. The van der Waals surface area contributed by atoms with Gasteiger partial charge in [-0.3, -0.25) is 28.2 Å². The summed E-state index contributed by atoms with van der Waals surface area (Å²) in [4.78, 5) is 56.9. The maximum atomic E-state index is 12.4. The third-order valence-corrected chi connectivity index (χ3v) is 8.36. The summed E-state index contributed by atoms with van der Waals surface area (Å²) in [5, 5.41) is 42.2. The molecule has 0 aromatic carbocycles. The lowest BCUT2D eigenvalue weighted by Gasteiger charge is -2.42. The number of hydrogen-bond donors (Lipinski definition) is 8. The van der Waals surface area contributed by atoms with E-state index in [1.54, 1.807) is 0 Å². The number of phosphoric ester groups is 2. The number of aliphatic hydroxyl groups excluding tert-OH is 4.